The first-order valence-corrected chi connectivity index (χ1v) is 8.39. The molecule has 0 saturated heterocycles. The third kappa shape index (κ3) is 2.05. The average molecular weight is 337 g/mol. The van der Waals surface area contributed by atoms with Crippen LogP contribution in [-0.2, 0) is 15.1 Å². The quantitative estimate of drug-likeness (QED) is 0.856. The van der Waals surface area contributed by atoms with E-state index in [9.17, 15) is 14.7 Å². The smallest absolute Gasteiger partial charge is 0.314 e. The monoisotopic (exact) mass is 337 g/mol. The summed E-state index contributed by atoms with van der Waals surface area (Å²) < 4.78 is 5.25. The number of hydrogen-bond donors (Lipinski definition) is 1. The van der Waals surface area contributed by atoms with E-state index in [1.807, 2.05) is 24.3 Å². The topological polar surface area (TPSA) is 66.8 Å². The highest BCUT2D eigenvalue weighted by molar-refractivity contribution is 6.12. The number of anilines is 1. The van der Waals surface area contributed by atoms with E-state index in [1.165, 1.54) is 0 Å². The largest absolute Gasteiger partial charge is 0.466 e. The molecule has 3 atom stereocenters. The molecule has 0 aliphatic carbocycles. The Labute approximate surface area is 145 Å². The molecule has 25 heavy (non-hydrogen) atoms. The molecule has 5 nitrogen and oxygen atoms in total. The Hall–Kier alpha value is -2.66. The van der Waals surface area contributed by atoms with Crippen LogP contribution >= 0.6 is 0 Å². The van der Waals surface area contributed by atoms with Gasteiger partial charge in [0, 0.05) is 11.1 Å². The van der Waals surface area contributed by atoms with Crippen molar-refractivity contribution in [2.75, 3.05) is 11.5 Å². The molecule has 5 heteroatoms. The molecule has 2 aromatic carbocycles. The van der Waals surface area contributed by atoms with Crippen molar-refractivity contribution < 1.29 is 19.4 Å². The third-order valence-electron chi connectivity index (χ3n) is 5.18. The number of ether oxygens (including phenoxy) is 1. The van der Waals surface area contributed by atoms with Crippen molar-refractivity contribution in [1.29, 1.82) is 0 Å². The van der Waals surface area contributed by atoms with Crippen molar-refractivity contribution in [2.24, 2.45) is 5.92 Å². The van der Waals surface area contributed by atoms with Gasteiger partial charge in [-0.2, -0.15) is 0 Å². The molecule has 3 unspecified atom stereocenters. The van der Waals surface area contributed by atoms with E-state index in [2.05, 4.69) is 0 Å². The van der Waals surface area contributed by atoms with Crippen molar-refractivity contribution in [2.45, 2.75) is 25.5 Å². The van der Waals surface area contributed by atoms with Gasteiger partial charge in [0.15, 0.2) is 0 Å². The lowest BCUT2D eigenvalue weighted by atomic mass is 9.72. The zero-order valence-corrected chi connectivity index (χ0v) is 14.1. The highest BCUT2D eigenvalue weighted by Gasteiger charge is 2.57. The van der Waals surface area contributed by atoms with E-state index in [1.54, 1.807) is 43.0 Å². The maximum atomic E-state index is 13.0. The minimum atomic E-state index is -1.44. The Kier molecular flexibility index (Phi) is 3.44. The number of rotatable bonds is 2. The molecule has 2 aliphatic heterocycles. The number of benzene rings is 2. The molecule has 2 aliphatic rings. The molecule has 0 aromatic heterocycles. The van der Waals surface area contributed by atoms with Crippen molar-refractivity contribution in [3.8, 4) is 0 Å². The Morgan fingerprint density at radius 3 is 2.64 bits per heavy atom. The van der Waals surface area contributed by atoms with Crippen molar-refractivity contribution in [3.63, 3.8) is 0 Å². The first-order valence-electron chi connectivity index (χ1n) is 8.39. The van der Waals surface area contributed by atoms with Gasteiger partial charge in [0.25, 0.3) is 5.91 Å². The van der Waals surface area contributed by atoms with Gasteiger partial charge in [-0.15, -0.1) is 0 Å². The zero-order valence-electron chi connectivity index (χ0n) is 14.1. The van der Waals surface area contributed by atoms with Crippen LogP contribution in [0.4, 0.5) is 5.69 Å². The number of carbonyl (C=O) groups is 2. The molecule has 4 rings (SSSR count). The minimum absolute atomic E-state index is 0.155. The Bertz CT molecular complexity index is 874. The fourth-order valence-corrected chi connectivity index (χ4v) is 4.11. The average Bonchev–Trinajstić information content (AvgIpc) is 2.88. The lowest BCUT2D eigenvalue weighted by Gasteiger charge is -2.45. The summed E-state index contributed by atoms with van der Waals surface area (Å²) >= 11 is 0. The highest BCUT2D eigenvalue weighted by atomic mass is 16.5. The van der Waals surface area contributed by atoms with Crippen LogP contribution in [0.2, 0.25) is 0 Å². The van der Waals surface area contributed by atoms with Crippen LogP contribution in [0.25, 0.3) is 0 Å². The van der Waals surface area contributed by atoms with Gasteiger partial charge in [0.1, 0.15) is 11.5 Å². The van der Waals surface area contributed by atoms with Crippen LogP contribution in [0.15, 0.2) is 48.5 Å². The number of nitrogens with zero attached hydrogens (tertiary/aromatic N) is 1. The van der Waals surface area contributed by atoms with Gasteiger partial charge in [-0.05, 0) is 31.5 Å². The first kappa shape index (κ1) is 15.8. The molecule has 0 radical (unpaired) electrons. The lowest BCUT2D eigenvalue weighted by molar-refractivity contribution is -0.160. The third-order valence-corrected chi connectivity index (χ3v) is 5.18. The van der Waals surface area contributed by atoms with Gasteiger partial charge >= 0.3 is 5.97 Å². The van der Waals surface area contributed by atoms with E-state index < -0.39 is 23.5 Å². The van der Waals surface area contributed by atoms with Gasteiger partial charge in [-0.3, -0.25) is 14.5 Å². The molecule has 0 bridgehead atoms. The molecule has 0 fully saturated rings. The number of fused-ring (bicyclic) bond motifs is 5. The molecular formula is C20H19NO4. The second kappa shape index (κ2) is 5.43. The summed E-state index contributed by atoms with van der Waals surface area (Å²) in [7, 11) is 0. The fourth-order valence-electron chi connectivity index (χ4n) is 4.11. The van der Waals surface area contributed by atoms with Crippen LogP contribution in [0.5, 0.6) is 0 Å². The molecule has 1 N–H and O–H groups in total. The second-order valence-corrected chi connectivity index (χ2v) is 6.60. The van der Waals surface area contributed by atoms with Crippen LogP contribution in [-0.4, -0.2) is 23.6 Å². The van der Waals surface area contributed by atoms with E-state index in [0.29, 0.717) is 16.8 Å². The van der Waals surface area contributed by atoms with Gasteiger partial charge in [-0.25, -0.2) is 0 Å². The first-order chi connectivity index (χ1) is 12.0. The van der Waals surface area contributed by atoms with Crippen molar-refractivity contribution >= 4 is 17.6 Å². The van der Waals surface area contributed by atoms with Crippen LogP contribution in [0, 0.1) is 5.92 Å². The fraction of sp³-hybridized carbons (Fsp3) is 0.300. The number of para-hydroxylation sites is 1. The van der Waals surface area contributed by atoms with E-state index in [-0.39, 0.29) is 12.5 Å². The van der Waals surface area contributed by atoms with Gasteiger partial charge in [0.05, 0.1) is 18.3 Å². The Balaban J connectivity index is 1.99. The lowest BCUT2D eigenvalue weighted by Crippen LogP contribution is -2.51. The second-order valence-electron chi connectivity index (χ2n) is 6.60. The molecule has 2 heterocycles. The summed E-state index contributed by atoms with van der Waals surface area (Å²) in [6.07, 6.45) is 0. The maximum absolute atomic E-state index is 13.0. The Morgan fingerprint density at radius 1 is 1.20 bits per heavy atom. The standard InChI is InChI=1S/C20H19NO4/c1-3-25-19(23)16-17-12-8-4-5-9-13(12)18(22)21(17)15-11-7-6-10-14(15)20(16,2)24/h4-11,16-17,24H,3H2,1-2H3. The zero-order chi connectivity index (χ0) is 17.8. The number of amides is 1. The van der Waals surface area contributed by atoms with E-state index in [0.717, 1.165) is 5.56 Å². The molecule has 2 aromatic rings. The van der Waals surface area contributed by atoms with Crippen LogP contribution in [0.3, 0.4) is 0 Å². The van der Waals surface area contributed by atoms with Crippen LogP contribution < -0.4 is 4.90 Å². The number of carbonyl (C=O) groups excluding carboxylic acids is 2. The number of hydrogen-bond acceptors (Lipinski definition) is 4. The summed E-state index contributed by atoms with van der Waals surface area (Å²) in [4.78, 5) is 27.4. The molecule has 0 saturated carbocycles. The predicted octanol–water partition coefficient (Wildman–Crippen LogP) is 2.79. The summed E-state index contributed by atoms with van der Waals surface area (Å²) in [6, 6.07) is 13.9. The number of aliphatic hydroxyl groups is 1. The van der Waals surface area contributed by atoms with Crippen molar-refractivity contribution in [1.82, 2.24) is 0 Å². The predicted molar refractivity (Wildman–Crippen MR) is 92.1 cm³/mol. The normalized spacial score (nSPS) is 26.7. The summed E-state index contributed by atoms with van der Waals surface area (Å²) in [6.45, 7) is 3.57. The highest BCUT2D eigenvalue weighted by Crippen LogP contribution is 2.54. The Morgan fingerprint density at radius 2 is 1.88 bits per heavy atom. The van der Waals surface area contributed by atoms with E-state index >= 15 is 0 Å². The van der Waals surface area contributed by atoms with E-state index in [4.69, 9.17) is 4.74 Å². The maximum Gasteiger partial charge on any atom is 0.314 e. The molecule has 0 spiro atoms. The van der Waals surface area contributed by atoms with Gasteiger partial charge < -0.3 is 9.84 Å². The molecule has 1 amide bonds. The van der Waals surface area contributed by atoms with Crippen LogP contribution in [0.1, 0.15) is 41.4 Å². The SMILES string of the molecule is CCOC(=O)C1C2c3ccccc3C(=O)N2c2ccccc2C1(C)O. The number of esters is 1. The molecule has 128 valence electrons. The summed E-state index contributed by atoms with van der Waals surface area (Å²) in [5.74, 6) is -1.55. The minimum Gasteiger partial charge on any atom is -0.466 e. The molecular weight excluding hydrogens is 318 g/mol. The summed E-state index contributed by atoms with van der Waals surface area (Å²) in [5, 5.41) is 11.3. The van der Waals surface area contributed by atoms with Gasteiger partial charge in [-0.1, -0.05) is 36.4 Å². The summed E-state index contributed by atoms with van der Waals surface area (Å²) in [5.41, 5.74) is 1.07. The van der Waals surface area contributed by atoms with Gasteiger partial charge in [0.2, 0.25) is 0 Å². The van der Waals surface area contributed by atoms with Crippen molar-refractivity contribution in [3.05, 3.63) is 65.2 Å².